The number of rotatable bonds is 2. The van der Waals surface area contributed by atoms with Gasteiger partial charge in [0.15, 0.2) is 5.82 Å². The minimum absolute atomic E-state index is 0.0356. The number of nitro benzene ring substituents is 1. The van der Waals surface area contributed by atoms with Crippen LogP contribution in [-0.4, -0.2) is 19.9 Å². The highest BCUT2D eigenvalue weighted by Gasteiger charge is 2.13. The van der Waals surface area contributed by atoms with Crippen molar-refractivity contribution in [3.8, 4) is 5.69 Å². The fourth-order valence-corrected chi connectivity index (χ4v) is 1.58. The van der Waals surface area contributed by atoms with Crippen LogP contribution in [0, 0.1) is 10.1 Å². The van der Waals surface area contributed by atoms with Gasteiger partial charge in [0.1, 0.15) is 0 Å². The summed E-state index contributed by atoms with van der Waals surface area (Å²) in [6.07, 6.45) is 1.48. The summed E-state index contributed by atoms with van der Waals surface area (Å²) in [7, 11) is 0. The molecule has 8 heteroatoms. The molecule has 16 heavy (non-hydrogen) atoms. The lowest BCUT2D eigenvalue weighted by Gasteiger charge is -2.00. The molecule has 1 heterocycles. The predicted molar refractivity (Wildman–Crippen MR) is 60.1 cm³/mol. The van der Waals surface area contributed by atoms with Gasteiger partial charge in [-0.2, -0.15) is 0 Å². The van der Waals surface area contributed by atoms with E-state index < -0.39 is 4.92 Å². The number of benzene rings is 1. The minimum atomic E-state index is -0.478. The lowest BCUT2D eigenvalue weighted by atomic mass is 10.3. The van der Waals surface area contributed by atoms with Crippen molar-refractivity contribution in [3.05, 3.63) is 39.0 Å². The zero-order valence-corrected chi connectivity index (χ0v) is 9.46. The Hall–Kier alpha value is -1.96. The first kappa shape index (κ1) is 10.6. The zero-order valence-electron chi connectivity index (χ0n) is 7.87. The number of halogens is 1. The van der Waals surface area contributed by atoms with E-state index in [0.29, 0.717) is 10.2 Å². The Kier molecular flexibility index (Phi) is 2.57. The first-order valence-electron chi connectivity index (χ1n) is 4.20. The summed E-state index contributed by atoms with van der Waals surface area (Å²) in [6, 6.07) is 4.63. The third-order valence-electron chi connectivity index (χ3n) is 1.90. The molecule has 0 bridgehead atoms. The van der Waals surface area contributed by atoms with Crippen LogP contribution in [0.25, 0.3) is 5.69 Å². The summed E-state index contributed by atoms with van der Waals surface area (Å²) >= 11 is 3.10. The van der Waals surface area contributed by atoms with E-state index in [1.165, 1.54) is 16.9 Å². The van der Waals surface area contributed by atoms with Gasteiger partial charge in [-0.05, 0) is 28.1 Å². The maximum atomic E-state index is 10.7. The Balaban J connectivity index is 2.51. The smallest absolute Gasteiger partial charge is 0.285 e. The number of nitrogens with two attached hydrogens (primary N) is 1. The number of nitrogen functional groups attached to an aromatic ring is 1. The normalized spacial score (nSPS) is 10.3. The Morgan fingerprint density at radius 3 is 2.81 bits per heavy atom. The van der Waals surface area contributed by atoms with Gasteiger partial charge in [-0.3, -0.25) is 10.1 Å². The summed E-state index contributed by atoms with van der Waals surface area (Å²) in [6.45, 7) is 0. The molecule has 0 amide bonds. The maximum Gasteiger partial charge on any atom is 0.285 e. The van der Waals surface area contributed by atoms with Gasteiger partial charge in [-0.25, -0.2) is 4.68 Å². The maximum absolute atomic E-state index is 10.7. The monoisotopic (exact) mass is 283 g/mol. The molecule has 0 radical (unpaired) electrons. The van der Waals surface area contributed by atoms with Gasteiger partial charge >= 0.3 is 0 Å². The van der Waals surface area contributed by atoms with Crippen molar-refractivity contribution in [2.24, 2.45) is 0 Å². The molecule has 1 aromatic carbocycles. The highest BCUT2D eigenvalue weighted by atomic mass is 79.9. The molecule has 0 aliphatic heterocycles. The van der Waals surface area contributed by atoms with Gasteiger partial charge in [0.25, 0.3) is 5.69 Å². The van der Waals surface area contributed by atoms with Crippen LogP contribution in [0.3, 0.4) is 0 Å². The number of hydrogen-bond acceptors (Lipinski definition) is 5. The first-order valence-corrected chi connectivity index (χ1v) is 4.99. The molecule has 82 valence electrons. The molecule has 0 saturated heterocycles. The average molecular weight is 284 g/mol. The molecule has 1 aromatic heterocycles. The highest BCUT2D eigenvalue weighted by Crippen LogP contribution is 2.26. The summed E-state index contributed by atoms with van der Waals surface area (Å²) in [5.74, 6) is 0.255. The summed E-state index contributed by atoms with van der Waals surface area (Å²) in [5.41, 5.74) is 5.90. The standard InChI is InChI=1S/C8H6BrN5O2/c9-6-2-1-5(3-7(6)14(15)16)13-4-8(10)11-12-13/h1-4H,10H2. The number of aromatic nitrogens is 3. The molecule has 0 aliphatic carbocycles. The summed E-state index contributed by atoms with van der Waals surface area (Å²) in [5, 5.41) is 18.0. The molecule has 0 fully saturated rings. The van der Waals surface area contributed by atoms with Crippen molar-refractivity contribution in [2.45, 2.75) is 0 Å². The zero-order chi connectivity index (χ0) is 11.7. The lowest BCUT2D eigenvalue weighted by molar-refractivity contribution is -0.385. The largest absolute Gasteiger partial charge is 0.381 e. The fourth-order valence-electron chi connectivity index (χ4n) is 1.19. The second kappa shape index (κ2) is 3.89. The number of hydrogen-bond donors (Lipinski definition) is 1. The van der Waals surface area contributed by atoms with Crippen molar-refractivity contribution in [2.75, 3.05) is 5.73 Å². The van der Waals surface area contributed by atoms with Gasteiger partial charge < -0.3 is 5.73 Å². The molecular weight excluding hydrogens is 278 g/mol. The summed E-state index contributed by atoms with van der Waals surface area (Å²) in [4.78, 5) is 10.2. The average Bonchev–Trinajstić information content (AvgIpc) is 2.65. The first-order chi connectivity index (χ1) is 7.58. The van der Waals surface area contributed by atoms with Gasteiger partial charge in [-0.1, -0.05) is 5.21 Å². The Labute approximate surface area is 98.1 Å². The molecular formula is C8H6BrN5O2. The third kappa shape index (κ3) is 1.87. The van der Waals surface area contributed by atoms with E-state index in [0.717, 1.165) is 0 Å². The van der Waals surface area contributed by atoms with Crippen LogP contribution in [0.15, 0.2) is 28.9 Å². The van der Waals surface area contributed by atoms with Gasteiger partial charge in [-0.15, -0.1) is 5.10 Å². The Bertz CT molecular complexity index is 553. The second-order valence-corrected chi connectivity index (χ2v) is 3.84. The van der Waals surface area contributed by atoms with E-state index in [1.54, 1.807) is 12.1 Å². The molecule has 2 N–H and O–H groups in total. The predicted octanol–water partition coefficient (Wildman–Crippen LogP) is 1.52. The molecule has 0 spiro atoms. The minimum Gasteiger partial charge on any atom is -0.381 e. The lowest BCUT2D eigenvalue weighted by Crippen LogP contribution is -1.97. The van der Waals surface area contributed by atoms with Crippen LogP contribution in [0.4, 0.5) is 11.5 Å². The number of nitrogens with zero attached hydrogens (tertiary/aromatic N) is 4. The Morgan fingerprint density at radius 2 is 2.25 bits per heavy atom. The molecule has 0 aliphatic rings. The molecule has 0 atom stereocenters. The highest BCUT2D eigenvalue weighted by molar-refractivity contribution is 9.10. The van der Waals surface area contributed by atoms with Gasteiger partial charge in [0.2, 0.25) is 0 Å². The molecule has 2 rings (SSSR count). The fraction of sp³-hybridized carbons (Fsp3) is 0. The van der Waals surface area contributed by atoms with Crippen LogP contribution in [0.2, 0.25) is 0 Å². The number of nitro groups is 1. The number of anilines is 1. The van der Waals surface area contributed by atoms with Crippen LogP contribution < -0.4 is 5.73 Å². The van der Waals surface area contributed by atoms with Gasteiger partial charge in [0, 0.05) is 6.07 Å². The molecule has 2 aromatic rings. The second-order valence-electron chi connectivity index (χ2n) is 2.98. The van der Waals surface area contributed by atoms with Crippen molar-refractivity contribution in [3.63, 3.8) is 0 Å². The van der Waals surface area contributed by atoms with Crippen molar-refractivity contribution in [1.29, 1.82) is 0 Å². The van der Waals surface area contributed by atoms with Crippen molar-refractivity contribution >= 4 is 27.4 Å². The van der Waals surface area contributed by atoms with E-state index in [1.807, 2.05) is 0 Å². The topological polar surface area (TPSA) is 99.9 Å². The molecule has 0 unspecified atom stereocenters. The quantitative estimate of drug-likeness (QED) is 0.665. The van der Waals surface area contributed by atoms with E-state index in [4.69, 9.17) is 5.73 Å². The van der Waals surface area contributed by atoms with Crippen LogP contribution in [0.5, 0.6) is 0 Å². The SMILES string of the molecule is Nc1cn(-c2ccc(Br)c([N+](=O)[O-])c2)nn1. The van der Waals surface area contributed by atoms with E-state index in [9.17, 15) is 10.1 Å². The van der Waals surface area contributed by atoms with Crippen LogP contribution in [0.1, 0.15) is 0 Å². The van der Waals surface area contributed by atoms with E-state index in [2.05, 4.69) is 26.2 Å². The van der Waals surface area contributed by atoms with E-state index in [-0.39, 0.29) is 11.5 Å². The third-order valence-corrected chi connectivity index (χ3v) is 2.57. The van der Waals surface area contributed by atoms with Crippen molar-refractivity contribution in [1.82, 2.24) is 15.0 Å². The van der Waals surface area contributed by atoms with Crippen LogP contribution >= 0.6 is 15.9 Å². The Morgan fingerprint density at radius 1 is 1.50 bits per heavy atom. The van der Waals surface area contributed by atoms with Crippen molar-refractivity contribution < 1.29 is 4.92 Å². The molecule has 7 nitrogen and oxygen atoms in total. The molecule has 0 saturated carbocycles. The summed E-state index contributed by atoms with van der Waals surface area (Å²) < 4.78 is 1.78. The van der Waals surface area contributed by atoms with Gasteiger partial charge in [0.05, 0.1) is 21.3 Å². The van der Waals surface area contributed by atoms with Crippen LogP contribution in [-0.2, 0) is 0 Å². The van der Waals surface area contributed by atoms with E-state index >= 15 is 0 Å².